The molecule has 0 bridgehead atoms. The molecule has 3 rings (SSSR count). The zero-order chi connectivity index (χ0) is 21.3. The highest BCUT2D eigenvalue weighted by molar-refractivity contribution is 7.18. The van der Waals surface area contributed by atoms with Gasteiger partial charge in [0.2, 0.25) is 0 Å². The molecule has 2 amide bonds. The van der Waals surface area contributed by atoms with E-state index >= 15 is 0 Å². The summed E-state index contributed by atoms with van der Waals surface area (Å²) in [5.74, 6) is -2.41. The molecule has 0 saturated heterocycles. The van der Waals surface area contributed by atoms with E-state index in [4.69, 9.17) is 15.2 Å². The van der Waals surface area contributed by atoms with E-state index in [1.165, 1.54) is 25.2 Å². The molecule has 0 spiro atoms. The summed E-state index contributed by atoms with van der Waals surface area (Å²) in [4.78, 5) is 49.6. The smallest absolute Gasteiger partial charge is 0.348 e. The average Bonchev–Trinajstić information content (AvgIpc) is 3.15. The molecule has 148 valence electrons. The fourth-order valence-electron chi connectivity index (χ4n) is 2.82. The van der Waals surface area contributed by atoms with Crippen LogP contribution in [-0.4, -0.2) is 42.3 Å². The monoisotopic (exact) mass is 413 g/mol. The number of hydrogen-bond acceptors (Lipinski definition) is 9. The van der Waals surface area contributed by atoms with Gasteiger partial charge in [-0.2, -0.15) is 5.26 Å². The molecule has 1 aliphatic heterocycles. The molecule has 10 heteroatoms. The number of thiophene rings is 1. The van der Waals surface area contributed by atoms with Gasteiger partial charge in [-0.3, -0.25) is 14.5 Å². The zero-order valence-corrected chi connectivity index (χ0v) is 16.3. The Hall–Kier alpha value is -3.71. The lowest BCUT2D eigenvalue weighted by molar-refractivity contribution is 0.0452. The summed E-state index contributed by atoms with van der Waals surface area (Å²) in [6.45, 7) is 1.39. The van der Waals surface area contributed by atoms with Crippen LogP contribution in [0.1, 0.15) is 58.8 Å². The van der Waals surface area contributed by atoms with E-state index in [2.05, 4.69) is 0 Å². The maximum Gasteiger partial charge on any atom is 0.348 e. The van der Waals surface area contributed by atoms with Crippen molar-refractivity contribution in [3.63, 3.8) is 0 Å². The molecule has 0 atom stereocenters. The number of carbonyl (C=O) groups excluding carboxylic acids is 4. The second kappa shape index (κ2) is 7.73. The molecule has 0 fully saturated rings. The number of nitrogens with zero attached hydrogens (tertiary/aromatic N) is 2. The lowest BCUT2D eigenvalue weighted by Crippen LogP contribution is -2.24. The molecule has 0 saturated carbocycles. The van der Waals surface area contributed by atoms with Crippen molar-refractivity contribution in [2.45, 2.75) is 13.5 Å². The van der Waals surface area contributed by atoms with E-state index in [-0.39, 0.29) is 50.9 Å². The van der Waals surface area contributed by atoms with Crippen LogP contribution in [-0.2, 0) is 16.1 Å². The normalized spacial score (nSPS) is 12.5. The predicted octanol–water partition coefficient (Wildman–Crippen LogP) is 1.96. The highest BCUT2D eigenvalue weighted by atomic mass is 32.1. The van der Waals surface area contributed by atoms with Crippen molar-refractivity contribution in [3.05, 3.63) is 50.9 Å². The summed E-state index contributed by atoms with van der Waals surface area (Å²) < 4.78 is 10.2. The Bertz CT molecular complexity index is 1100. The Morgan fingerprint density at radius 3 is 2.52 bits per heavy atom. The third-order valence-electron chi connectivity index (χ3n) is 4.28. The molecule has 1 aromatic carbocycles. The van der Waals surface area contributed by atoms with Gasteiger partial charge in [0.1, 0.15) is 22.6 Å². The fraction of sp³-hybridized carbons (Fsp3) is 0.211. The number of imide groups is 1. The molecule has 2 heterocycles. The van der Waals surface area contributed by atoms with Crippen LogP contribution in [0.3, 0.4) is 0 Å². The van der Waals surface area contributed by atoms with Gasteiger partial charge in [0.15, 0.2) is 0 Å². The number of anilines is 1. The van der Waals surface area contributed by atoms with Gasteiger partial charge in [0, 0.05) is 12.6 Å². The third kappa shape index (κ3) is 3.43. The first kappa shape index (κ1) is 20.0. The van der Waals surface area contributed by atoms with Gasteiger partial charge in [-0.1, -0.05) is 0 Å². The largest absolute Gasteiger partial charge is 0.462 e. The number of nitriles is 1. The molecule has 9 nitrogen and oxygen atoms in total. The van der Waals surface area contributed by atoms with Crippen molar-refractivity contribution in [3.8, 4) is 6.07 Å². The molecule has 29 heavy (non-hydrogen) atoms. The number of nitrogens with two attached hydrogens (primary N) is 1. The molecule has 2 aromatic rings. The summed E-state index contributed by atoms with van der Waals surface area (Å²) in [5, 5.41) is 9.42. The Morgan fingerprint density at radius 1 is 1.17 bits per heavy atom. The highest BCUT2D eigenvalue weighted by Crippen LogP contribution is 2.32. The van der Waals surface area contributed by atoms with Gasteiger partial charge >= 0.3 is 11.9 Å². The second-order valence-electron chi connectivity index (χ2n) is 5.99. The van der Waals surface area contributed by atoms with Crippen LogP contribution in [0.2, 0.25) is 0 Å². The Morgan fingerprint density at radius 2 is 1.86 bits per heavy atom. The summed E-state index contributed by atoms with van der Waals surface area (Å²) >= 11 is 0.880. The van der Waals surface area contributed by atoms with Crippen molar-refractivity contribution >= 4 is 40.1 Å². The molecular formula is C19H15N3O6S. The van der Waals surface area contributed by atoms with Gasteiger partial charge in [-0.15, -0.1) is 11.3 Å². The first-order valence-corrected chi connectivity index (χ1v) is 9.23. The number of benzene rings is 1. The predicted molar refractivity (Wildman–Crippen MR) is 101 cm³/mol. The Labute approximate surface area is 169 Å². The molecule has 0 unspecified atom stereocenters. The standard InChI is InChI=1S/C19H15N3O6S/c1-3-27-19(26)14-13(12(7-20)15(21)29-14)8-28-18(25)9-4-5-10-11(6-9)17(24)22(2)16(10)23/h4-6H,3,8,21H2,1-2H3. The minimum Gasteiger partial charge on any atom is -0.462 e. The second-order valence-corrected chi connectivity index (χ2v) is 7.04. The van der Waals surface area contributed by atoms with Crippen LogP contribution in [0, 0.1) is 11.3 Å². The van der Waals surface area contributed by atoms with Crippen LogP contribution < -0.4 is 5.73 Å². The summed E-state index contributed by atoms with van der Waals surface area (Å²) in [6.07, 6.45) is 0. The van der Waals surface area contributed by atoms with Crippen LogP contribution in [0.4, 0.5) is 5.00 Å². The molecule has 0 aliphatic carbocycles. The van der Waals surface area contributed by atoms with Gasteiger partial charge in [-0.05, 0) is 25.1 Å². The van der Waals surface area contributed by atoms with Crippen molar-refractivity contribution < 1.29 is 28.7 Å². The highest BCUT2D eigenvalue weighted by Gasteiger charge is 2.33. The fourth-order valence-corrected chi connectivity index (χ4v) is 3.73. The van der Waals surface area contributed by atoms with E-state index < -0.39 is 23.8 Å². The van der Waals surface area contributed by atoms with Crippen molar-refractivity contribution in [2.24, 2.45) is 0 Å². The number of rotatable bonds is 5. The van der Waals surface area contributed by atoms with Crippen LogP contribution >= 0.6 is 11.3 Å². The molecule has 2 N–H and O–H groups in total. The van der Waals surface area contributed by atoms with Crippen molar-refractivity contribution in [1.82, 2.24) is 4.90 Å². The number of fused-ring (bicyclic) bond motifs is 1. The number of amides is 2. The van der Waals surface area contributed by atoms with Gasteiger partial charge < -0.3 is 15.2 Å². The topological polar surface area (TPSA) is 140 Å². The SMILES string of the molecule is CCOC(=O)c1sc(N)c(C#N)c1COC(=O)c1ccc2c(c1)C(=O)N(C)C2=O. The number of carbonyl (C=O) groups is 4. The Kier molecular flexibility index (Phi) is 5.34. The van der Waals surface area contributed by atoms with Crippen LogP contribution in [0.25, 0.3) is 0 Å². The minimum atomic E-state index is -0.786. The van der Waals surface area contributed by atoms with E-state index in [0.29, 0.717) is 0 Å². The van der Waals surface area contributed by atoms with E-state index in [0.717, 1.165) is 16.2 Å². The average molecular weight is 413 g/mol. The molecular weight excluding hydrogens is 398 g/mol. The number of ether oxygens (including phenoxy) is 2. The first-order valence-electron chi connectivity index (χ1n) is 8.42. The van der Waals surface area contributed by atoms with E-state index in [1.807, 2.05) is 6.07 Å². The first-order chi connectivity index (χ1) is 13.8. The lowest BCUT2D eigenvalue weighted by Gasteiger charge is -2.07. The maximum atomic E-state index is 12.4. The molecule has 1 aliphatic rings. The summed E-state index contributed by atoms with van der Waals surface area (Å²) in [5.41, 5.74) is 6.35. The molecule has 1 aromatic heterocycles. The lowest BCUT2D eigenvalue weighted by atomic mass is 10.1. The van der Waals surface area contributed by atoms with E-state index in [1.54, 1.807) is 6.92 Å². The summed E-state index contributed by atoms with van der Waals surface area (Å²) in [6, 6.07) is 5.92. The van der Waals surface area contributed by atoms with Gasteiger partial charge in [0.25, 0.3) is 11.8 Å². The number of hydrogen-bond donors (Lipinski definition) is 1. The minimum absolute atomic E-state index is 0.0437. The number of esters is 2. The van der Waals surface area contributed by atoms with E-state index in [9.17, 15) is 24.4 Å². The van der Waals surface area contributed by atoms with Crippen molar-refractivity contribution in [2.75, 3.05) is 19.4 Å². The summed E-state index contributed by atoms with van der Waals surface area (Å²) in [7, 11) is 1.35. The van der Waals surface area contributed by atoms with Gasteiger partial charge in [-0.25, -0.2) is 9.59 Å². The third-order valence-corrected chi connectivity index (χ3v) is 5.32. The Balaban J connectivity index is 1.84. The van der Waals surface area contributed by atoms with Crippen molar-refractivity contribution in [1.29, 1.82) is 5.26 Å². The zero-order valence-electron chi connectivity index (χ0n) is 15.5. The van der Waals surface area contributed by atoms with Crippen LogP contribution in [0.5, 0.6) is 0 Å². The maximum absolute atomic E-state index is 12.4. The van der Waals surface area contributed by atoms with Crippen LogP contribution in [0.15, 0.2) is 18.2 Å². The number of nitrogen functional groups attached to an aromatic ring is 1. The molecule has 0 radical (unpaired) electrons. The quantitative estimate of drug-likeness (QED) is 0.579. The van der Waals surface area contributed by atoms with Gasteiger partial charge in [0.05, 0.1) is 28.9 Å².